The predicted molar refractivity (Wildman–Crippen MR) is 51.1 cm³/mol. The van der Waals surface area contributed by atoms with Gasteiger partial charge < -0.3 is 10.5 Å². The minimum absolute atomic E-state index is 0.283. The lowest BCUT2D eigenvalue weighted by Gasteiger charge is -2.27. The zero-order chi connectivity index (χ0) is 8.81. The van der Waals surface area contributed by atoms with E-state index in [4.69, 9.17) is 10.5 Å². The zero-order valence-electron chi connectivity index (χ0n) is 8.09. The molecule has 0 amide bonds. The summed E-state index contributed by atoms with van der Waals surface area (Å²) in [4.78, 5) is 0. The highest BCUT2D eigenvalue weighted by molar-refractivity contribution is 4.75. The summed E-state index contributed by atoms with van der Waals surface area (Å²) in [7, 11) is 0. The lowest BCUT2D eigenvalue weighted by atomic mass is 9.99. The SMILES string of the molecule is CCCCC(N)C1CCCCO1. The number of hydrogen-bond donors (Lipinski definition) is 1. The third kappa shape index (κ3) is 3.11. The molecule has 0 aromatic heterocycles. The van der Waals surface area contributed by atoms with Crippen molar-refractivity contribution < 1.29 is 4.74 Å². The van der Waals surface area contributed by atoms with E-state index in [-0.39, 0.29) is 6.04 Å². The normalized spacial score (nSPS) is 27.0. The van der Waals surface area contributed by atoms with Crippen LogP contribution in [0.3, 0.4) is 0 Å². The summed E-state index contributed by atoms with van der Waals surface area (Å²) in [5, 5.41) is 0. The third-order valence-corrected chi connectivity index (χ3v) is 2.58. The van der Waals surface area contributed by atoms with Crippen LogP contribution in [0.5, 0.6) is 0 Å². The predicted octanol–water partition coefficient (Wildman–Crippen LogP) is 2.07. The van der Waals surface area contributed by atoms with Gasteiger partial charge in [0, 0.05) is 12.6 Å². The summed E-state index contributed by atoms with van der Waals surface area (Å²) in [5.74, 6) is 0. The quantitative estimate of drug-likeness (QED) is 0.702. The van der Waals surface area contributed by atoms with Gasteiger partial charge in [0.1, 0.15) is 0 Å². The topological polar surface area (TPSA) is 35.2 Å². The maximum absolute atomic E-state index is 6.01. The second-order valence-corrected chi connectivity index (χ2v) is 3.71. The van der Waals surface area contributed by atoms with E-state index in [1.165, 1.54) is 32.1 Å². The lowest BCUT2D eigenvalue weighted by molar-refractivity contribution is -0.00136. The molecule has 0 bridgehead atoms. The molecule has 1 heterocycles. The number of rotatable bonds is 4. The van der Waals surface area contributed by atoms with Gasteiger partial charge in [-0.1, -0.05) is 19.8 Å². The van der Waals surface area contributed by atoms with E-state index < -0.39 is 0 Å². The van der Waals surface area contributed by atoms with Gasteiger partial charge in [0.15, 0.2) is 0 Å². The van der Waals surface area contributed by atoms with E-state index in [1.54, 1.807) is 0 Å². The van der Waals surface area contributed by atoms with Crippen LogP contribution in [0.4, 0.5) is 0 Å². The molecule has 12 heavy (non-hydrogen) atoms. The molecule has 1 rings (SSSR count). The van der Waals surface area contributed by atoms with Crippen molar-refractivity contribution in [3.05, 3.63) is 0 Å². The molecule has 0 saturated carbocycles. The average molecular weight is 171 g/mol. The van der Waals surface area contributed by atoms with Gasteiger partial charge >= 0.3 is 0 Å². The summed E-state index contributed by atoms with van der Waals surface area (Å²) < 4.78 is 5.61. The van der Waals surface area contributed by atoms with Crippen LogP contribution in [0, 0.1) is 0 Å². The molecule has 2 heteroatoms. The van der Waals surface area contributed by atoms with Crippen LogP contribution < -0.4 is 5.73 Å². The van der Waals surface area contributed by atoms with Crippen molar-refractivity contribution in [1.82, 2.24) is 0 Å². The highest BCUT2D eigenvalue weighted by Crippen LogP contribution is 2.17. The molecule has 2 atom stereocenters. The monoisotopic (exact) mass is 171 g/mol. The minimum Gasteiger partial charge on any atom is -0.377 e. The first-order valence-corrected chi connectivity index (χ1v) is 5.21. The Morgan fingerprint density at radius 2 is 2.33 bits per heavy atom. The number of hydrogen-bond acceptors (Lipinski definition) is 2. The molecule has 2 nitrogen and oxygen atoms in total. The second kappa shape index (κ2) is 5.55. The number of nitrogens with two attached hydrogens (primary N) is 1. The fourth-order valence-electron chi connectivity index (χ4n) is 1.73. The van der Waals surface area contributed by atoms with Gasteiger partial charge in [-0.15, -0.1) is 0 Å². The Kier molecular flexibility index (Phi) is 4.62. The number of ether oxygens (including phenoxy) is 1. The van der Waals surface area contributed by atoms with Gasteiger partial charge in [-0.05, 0) is 25.7 Å². The highest BCUT2D eigenvalue weighted by Gasteiger charge is 2.20. The van der Waals surface area contributed by atoms with Gasteiger partial charge in [-0.25, -0.2) is 0 Å². The minimum atomic E-state index is 0.283. The summed E-state index contributed by atoms with van der Waals surface area (Å²) in [6.07, 6.45) is 7.64. The van der Waals surface area contributed by atoms with Crippen LogP contribution in [-0.2, 0) is 4.74 Å². The lowest BCUT2D eigenvalue weighted by Crippen LogP contribution is -2.38. The molecule has 1 fully saturated rings. The Morgan fingerprint density at radius 1 is 1.50 bits per heavy atom. The summed E-state index contributed by atoms with van der Waals surface area (Å²) in [6.45, 7) is 3.12. The molecule has 72 valence electrons. The fourth-order valence-corrected chi connectivity index (χ4v) is 1.73. The van der Waals surface area contributed by atoms with E-state index in [0.29, 0.717) is 6.10 Å². The first-order chi connectivity index (χ1) is 5.84. The molecule has 0 radical (unpaired) electrons. The van der Waals surface area contributed by atoms with Crippen LogP contribution in [0.1, 0.15) is 45.4 Å². The van der Waals surface area contributed by atoms with Crippen molar-refractivity contribution in [2.24, 2.45) is 5.73 Å². The molecule has 0 aromatic rings. The van der Waals surface area contributed by atoms with Crippen LogP contribution in [0.25, 0.3) is 0 Å². The molecule has 2 unspecified atom stereocenters. The highest BCUT2D eigenvalue weighted by atomic mass is 16.5. The van der Waals surface area contributed by atoms with Gasteiger partial charge in [0.05, 0.1) is 6.10 Å². The van der Waals surface area contributed by atoms with E-state index >= 15 is 0 Å². The molecule has 0 aliphatic carbocycles. The first kappa shape index (κ1) is 10.0. The Bertz CT molecular complexity index is 110. The van der Waals surface area contributed by atoms with Crippen molar-refractivity contribution in [3.8, 4) is 0 Å². The molecule has 1 aliphatic heterocycles. The van der Waals surface area contributed by atoms with Crippen molar-refractivity contribution in [2.45, 2.75) is 57.6 Å². The van der Waals surface area contributed by atoms with E-state index in [9.17, 15) is 0 Å². The Hall–Kier alpha value is -0.0800. The van der Waals surface area contributed by atoms with E-state index in [0.717, 1.165) is 13.0 Å². The molecular formula is C10H21NO. The fraction of sp³-hybridized carbons (Fsp3) is 1.00. The Labute approximate surface area is 75.5 Å². The molecule has 1 aliphatic rings. The smallest absolute Gasteiger partial charge is 0.0725 e. The van der Waals surface area contributed by atoms with E-state index in [1.807, 2.05) is 0 Å². The molecule has 2 N–H and O–H groups in total. The van der Waals surface area contributed by atoms with Crippen molar-refractivity contribution in [3.63, 3.8) is 0 Å². The largest absolute Gasteiger partial charge is 0.377 e. The second-order valence-electron chi connectivity index (χ2n) is 3.71. The summed E-state index contributed by atoms with van der Waals surface area (Å²) in [6, 6.07) is 0.283. The standard InChI is InChI=1S/C10H21NO/c1-2-3-6-9(11)10-7-4-5-8-12-10/h9-10H,2-8,11H2,1H3. The first-order valence-electron chi connectivity index (χ1n) is 5.21. The third-order valence-electron chi connectivity index (χ3n) is 2.58. The molecular weight excluding hydrogens is 150 g/mol. The Morgan fingerprint density at radius 3 is 2.92 bits per heavy atom. The maximum atomic E-state index is 6.01. The van der Waals surface area contributed by atoms with Crippen LogP contribution in [0.2, 0.25) is 0 Å². The van der Waals surface area contributed by atoms with Crippen LogP contribution in [0.15, 0.2) is 0 Å². The maximum Gasteiger partial charge on any atom is 0.0725 e. The van der Waals surface area contributed by atoms with Crippen molar-refractivity contribution in [2.75, 3.05) is 6.61 Å². The van der Waals surface area contributed by atoms with Crippen LogP contribution in [-0.4, -0.2) is 18.8 Å². The van der Waals surface area contributed by atoms with Gasteiger partial charge in [-0.3, -0.25) is 0 Å². The van der Waals surface area contributed by atoms with Crippen LogP contribution >= 0.6 is 0 Å². The molecule has 0 spiro atoms. The number of unbranched alkanes of at least 4 members (excludes halogenated alkanes) is 1. The molecule has 0 aromatic carbocycles. The average Bonchev–Trinajstić information content (AvgIpc) is 2.15. The summed E-state index contributed by atoms with van der Waals surface area (Å²) in [5.41, 5.74) is 6.01. The Balaban J connectivity index is 2.15. The summed E-state index contributed by atoms with van der Waals surface area (Å²) >= 11 is 0. The van der Waals surface area contributed by atoms with Crippen molar-refractivity contribution in [1.29, 1.82) is 0 Å². The van der Waals surface area contributed by atoms with Gasteiger partial charge in [0.25, 0.3) is 0 Å². The zero-order valence-corrected chi connectivity index (χ0v) is 8.09. The van der Waals surface area contributed by atoms with Gasteiger partial charge in [-0.2, -0.15) is 0 Å². The van der Waals surface area contributed by atoms with Crippen molar-refractivity contribution >= 4 is 0 Å². The molecule has 1 saturated heterocycles. The van der Waals surface area contributed by atoms with E-state index in [2.05, 4.69) is 6.92 Å². The van der Waals surface area contributed by atoms with Gasteiger partial charge in [0.2, 0.25) is 0 Å².